The second-order valence-corrected chi connectivity index (χ2v) is 8.56. The fraction of sp³-hybridized carbons (Fsp3) is 0.318. The van der Waals surface area contributed by atoms with Gasteiger partial charge in [-0.3, -0.25) is 9.59 Å². The van der Waals surface area contributed by atoms with Crippen LogP contribution >= 0.6 is 27.7 Å². The van der Waals surface area contributed by atoms with Gasteiger partial charge in [-0.1, -0.05) is 40.2 Å². The highest BCUT2D eigenvalue weighted by molar-refractivity contribution is 9.10. The predicted molar refractivity (Wildman–Crippen MR) is 124 cm³/mol. The molecule has 0 bridgehead atoms. The van der Waals surface area contributed by atoms with Crippen molar-refractivity contribution < 1.29 is 23.8 Å². The number of methoxy groups -OCH3 is 3. The Morgan fingerprint density at radius 3 is 2.48 bits per heavy atom. The Morgan fingerprint density at radius 1 is 1.10 bits per heavy atom. The molecule has 2 aromatic rings. The number of nitrogens with zero attached hydrogens (tertiary/aromatic N) is 2. The van der Waals surface area contributed by atoms with Gasteiger partial charge in [0.1, 0.15) is 0 Å². The number of benzene rings is 2. The number of carbonyl (C=O) groups excluding carboxylic acids is 2. The third kappa shape index (κ3) is 5.40. The number of para-hydroxylation sites is 1. The Labute approximate surface area is 193 Å². The SMILES string of the molecule is COC(=O)CSCC(=O)N1N=C(c2ccc(Br)cc2)C[C@H]1c1cccc(OC)c1OC. The lowest BCUT2D eigenvalue weighted by Crippen LogP contribution is -2.29. The Bertz CT molecular complexity index is 980. The van der Waals surface area contributed by atoms with Crippen molar-refractivity contribution in [2.24, 2.45) is 5.10 Å². The molecule has 1 heterocycles. The molecule has 0 saturated carbocycles. The minimum absolute atomic E-state index is 0.104. The molecule has 0 saturated heterocycles. The van der Waals surface area contributed by atoms with E-state index in [-0.39, 0.29) is 29.4 Å². The topological polar surface area (TPSA) is 77.4 Å². The van der Waals surface area contributed by atoms with Gasteiger partial charge in [-0.25, -0.2) is 5.01 Å². The predicted octanol–water partition coefficient (Wildman–Crippen LogP) is 4.05. The van der Waals surface area contributed by atoms with Crippen LogP contribution in [-0.2, 0) is 14.3 Å². The number of thioether (sulfide) groups is 1. The van der Waals surface area contributed by atoms with Crippen molar-refractivity contribution in [2.45, 2.75) is 12.5 Å². The number of hydrazone groups is 1. The van der Waals surface area contributed by atoms with Crippen LogP contribution in [0.5, 0.6) is 11.5 Å². The van der Waals surface area contributed by atoms with Crippen molar-refractivity contribution in [2.75, 3.05) is 32.8 Å². The van der Waals surface area contributed by atoms with Crippen LogP contribution in [0.1, 0.15) is 23.6 Å². The van der Waals surface area contributed by atoms with E-state index in [2.05, 4.69) is 25.8 Å². The number of esters is 1. The van der Waals surface area contributed by atoms with Crippen molar-refractivity contribution in [1.82, 2.24) is 5.01 Å². The molecule has 31 heavy (non-hydrogen) atoms. The quantitative estimate of drug-likeness (QED) is 0.502. The fourth-order valence-corrected chi connectivity index (χ4v) is 4.28. The standard InChI is InChI=1S/C22H23BrN2O5S/c1-28-19-6-4-5-16(22(19)30-3)18-11-17(14-7-9-15(23)10-8-14)24-25(18)20(26)12-31-13-21(27)29-2/h4-10,18H,11-13H2,1-3H3/t18-/m0/s1. The summed E-state index contributed by atoms with van der Waals surface area (Å²) in [5.41, 5.74) is 2.55. The first-order chi connectivity index (χ1) is 15.0. The van der Waals surface area contributed by atoms with Gasteiger partial charge < -0.3 is 14.2 Å². The summed E-state index contributed by atoms with van der Waals surface area (Å²) in [4.78, 5) is 24.4. The van der Waals surface area contributed by atoms with E-state index in [1.807, 2.05) is 42.5 Å². The average molecular weight is 507 g/mol. The van der Waals surface area contributed by atoms with Crippen LogP contribution in [0.4, 0.5) is 0 Å². The van der Waals surface area contributed by atoms with Gasteiger partial charge in [-0.05, 0) is 23.8 Å². The molecule has 3 rings (SSSR count). The van der Waals surface area contributed by atoms with E-state index in [4.69, 9.17) is 9.47 Å². The summed E-state index contributed by atoms with van der Waals surface area (Å²) >= 11 is 4.64. The van der Waals surface area contributed by atoms with Crippen molar-refractivity contribution in [3.8, 4) is 11.5 Å². The number of hydrogen-bond acceptors (Lipinski definition) is 7. The molecular weight excluding hydrogens is 484 g/mol. The molecule has 0 fully saturated rings. The molecule has 0 radical (unpaired) electrons. The largest absolute Gasteiger partial charge is 0.493 e. The monoisotopic (exact) mass is 506 g/mol. The maximum absolute atomic E-state index is 13.1. The second kappa shape index (κ2) is 10.7. The summed E-state index contributed by atoms with van der Waals surface area (Å²) in [6, 6.07) is 13.0. The molecule has 0 aromatic heterocycles. The fourth-order valence-electron chi connectivity index (χ4n) is 3.32. The highest BCUT2D eigenvalue weighted by Crippen LogP contribution is 2.41. The summed E-state index contributed by atoms with van der Waals surface area (Å²) < 4.78 is 16.6. The molecule has 1 aliphatic rings. The molecule has 0 spiro atoms. The Morgan fingerprint density at radius 2 is 1.84 bits per heavy atom. The Kier molecular flexibility index (Phi) is 7.97. The molecule has 1 atom stereocenters. The lowest BCUT2D eigenvalue weighted by Gasteiger charge is -2.24. The van der Waals surface area contributed by atoms with Gasteiger partial charge in [-0.15, -0.1) is 11.8 Å². The minimum Gasteiger partial charge on any atom is -0.493 e. The minimum atomic E-state index is -0.371. The molecule has 0 N–H and O–H groups in total. The molecule has 9 heteroatoms. The van der Waals surface area contributed by atoms with Crippen molar-refractivity contribution in [1.29, 1.82) is 0 Å². The summed E-state index contributed by atoms with van der Waals surface area (Å²) in [5.74, 6) is 0.800. The van der Waals surface area contributed by atoms with Gasteiger partial charge in [0, 0.05) is 16.5 Å². The molecular formula is C22H23BrN2O5S. The van der Waals surface area contributed by atoms with E-state index < -0.39 is 0 Å². The number of amides is 1. The average Bonchev–Trinajstić information content (AvgIpc) is 3.24. The van der Waals surface area contributed by atoms with E-state index >= 15 is 0 Å². The van der Waals surface area contributed by atoms with Crippen molar-refractivity contribution in [3.63, 3.8) is 0 Å². The first-order valence-corrected chi connectivity index (χ1v) is 11.4. The maximum Gasteiger partial charge on any atom is 0.315 e. The van der Waals surface area contributed by atoms with E-state index in [1.54, 1.807) is 14.2 Å². The van der Waals surface area contributed by atoms with E-state index in [1.165, 1.54) is 23.9 Å². The van der Waals surface area contributed by atoms with Crippen LogP contribution in [0.2, 0.25) is 0 Å². The van der Waals surface area contributed by atoms with E-state index in [0.29, 0.717) is 17.9 Å². The zero-order chi connectivity index (χ0) is 22.4. The molecule has 1 aliphatic heterocycles. The van der Waals surface area contributed by atoms with Crippen LogP contribution in [-0.4, -0.2) is 55.4 Å². The Balaban J connectivity index is 1.92. The van der Waals surface area contributed by atoms with Gasteiger partial charge in [0.15, 0.2) is 11.5 Å². The molecule has 0 aliphatic carbocycles. The second-order valence-electron chi connectivity index (χ2n) is 6.66. The van der Waals surface area contributed by atoms with Gasteiger partial charge in [0.2, 0.25) is 0 Å². The van der Waals surface area contributed by atoms with Crippen LogP contribution in [0, 0.1) is 0 Å². The first-order valence-electron chi connectivity index (χ1n) is 9.49. The van der Waals surface area contributed by atoms with E-state index in [0.717, 1.165) is 21.3 Å². The highest BCUT2D eigenvalue weighted by atomic mass is 79.9. The number of halogens is 1. The molecule has 1 amide bonds. The van der Waals surface area contributed by atoms with Gasteiger partial charge >= 0.3 is 5.97 Å². The van der Waals surface area contributed by atoms with Crippen LogP contribution in [0.25, 0.3) is 0 Å². The first kappa shape index (κ1) is 23.1. The maximum atomic E-state index is 13.1. The smallest absolute Gasteiger partial charge is 0.315 e. The van der Waals surface area contributed by atoms with Crippen LogP contribution in [0.15, 0.2) is 52.0 Å². The lowest BCUT2D eigenvalue weighted by molar-refractivity contribution is -0.137. The van der Waals surface area contributed by atoms with Crippen molar-refractivity contribution >= 4 is 45.3 Å². The van der Waals surface area contributed by atoms with Gasteiger partial charge in [0.05, 0.1) is 44.6 Å². The molecule has 164 valence electrons. The highest BCUT2D eigenvalue weighted by Gasteiger charge is 2.35. The summed E-state index contributed by atoms with van der Waals surface area (Å²) in [6.45, 7) is 0. The van der Waals surface area contributed by atoms with Crippen LogP contribution in [0.3, 0.4) is 0 Å². The number of carbonyl (C=O) groups is 2. The third-order valence-electron chi connectivity index (χ3n) is 4.81. The lowest BCUT2D eigenvalue weighted by atomic mass is 9.97. The number of rotatable bonds is 8. The molecule has 0 unspecified atom stereocenters. The van der Waals surface area contributed by atoms with Gasteiger partial charge in [0.25, 0.3) is 5.91 Å². The summed E-state index contributed by atoms with van der Waals surface area (Å²) in [5, 5.41) is 6.14. The number of hydrogen-bond donors (Lipinski definition) is 0. The summed E-state index contributed by atoms with van der Waals surface area (Å²) in [7, 11) is 4.47. The zero-order valence-electron chi connectivity index (χ0n) is 17.5. The third-order valence-corrected chi connectivity index (χ3v) is 6.23. The normalized spacial score (nSPS) is 15.4. The summed E-state index contributed by atoms with van der Waals surface area (Å²) in [6.07, 6.45) is 0.526. The van der Waals surface area contributed by atoms with E-state index in [9.17, 15) is 9.59 Å². The van der Waals surface area contributed by atoms with Crippen LogP contribution < -0.4 is 9.47 Å². The zero-order valence-corrected chi connectivity index (χ0v) is 19.9. The number of ether oxygens (including phenoxy) is 3. The van der Waals surface area contributed by atoms with Crippen molar-refractivity contribution in [3.05, 3.63) is 58.1 Å². The Hall–Kier alpha value is -2.52. The molecule has 7 nitrogen and oxygen atoms in total. The van der Waals surface area contributed by atoms with Gasteiger partial charge in [-0.2, -0.15) is 5.10 Å². The molecule has 2 aromatic carbocycles.